The third kappa shape index (κ3) is 2.26. The highest BCUT2D eigenvalue weighted by molar-refractivity contribution is 6.24. The summed E-state index contributed by atoms with van der Waals surface area (Å²) in [5, 5.41) is 0. The van der Waals surface area contributed by atoms with E-state index in [1.54, 1.807) is 12.2 Å². The van der Waals surface area contributed by atoms with Gasteiger partial charge in [-0.1, -0.05) is 36.5 Å². The van der Waals surface area contributed by atoms with Crippen LogP contribution in [0.4, 0.5) is 0 Å². The molecule has 0 aromatic rings. The van der Waals surface area contributed by atoms with Gasteiger partial charge in [-0.3, -0.25) is 9.59 Å². The molecule has 0 aliphatic heterocycles. The standard InChI is InChI=1S/C15H14O2/c1-10(2)7-8-11-9-14(16)12-5-3-4-6-13(12)15(11)17/h3-4,7-9H,1,5-6H2,2H3. The molecule has 0 aromatic carbocycles. The molecule has 0 radical (unpaired) electrons. The Morgan fingerprint density at radius 2 is 1.88 bits per heavy atom. The largest absolute Gasteiger partial charge is 0.290 e. The van der Waals surface area contributed by atoms with Gasteiger partial charge in [-0.15, -0.1) is 0 Å². The molecule has 0 aromatic heterocycles. The van der Waals surface area contributed by atoms with Gasteiger partial charge < -0.3 is 0 Å². The first-order chi connectivity index (χ1) is 8.09. The summed E-state index contributed by atoms with van der Waals surface area (Å²) in [6.45, 7) is 5.58. The summed E-state index contributed by atoms with van der Waals surface area (Å²) in [5.41, 5.74) is 2.63. The molecular formula is C15H14O2. The molecule has 0 bridgehead atoms. The summed E-state index contributed by atoms with van der Waals surface area (Å²) >= 11 is 0. The van der Waals surface area contributed by atoms with Gasteiger partial charge in [-0.2, -0.15) is 0 Å². The first-order valence-electron chi connectivity index (χ1n) is 5.61. The van der Waals surface area contributed by atoms with Crippen molar-refractivity contribution in [3.05, 3.63) is 59.3 Å². The highest BCUT2D eigenvalue weighted by Gasteiger charge is 2.26. The Morgan fingerprint density at radius 1 is 1.24 bits per heavy atom. The molecule has 0 N–H and O–H groups in total. The van der Waals surface area contributed by atoms with E-state index in [0.29, 0.717) is 29.6 Å². The third-order valence-corrected chi connectivity index (χ3v) is 2.84. The first-order valence-corrected chi connectivity index (χ1v) is 5.61. The van der Waals surface area contributed by atoms with Gasteiger partial charge in [-0.05, 0) is 25.8 Å². The molecule has 0 saturated carbocycles. The lowest BCUT2D eigenvalue weighted by molar-refractivity contribution is -0.115. The van der Waals surface area contributed by atoms with Gasteiger partial charge in [0.15, 0.2) is 11.6 Å². The van der Waals surface area contributed by atoms with E-state index in [2.05, 4.69) is 6.58 Å². The number of hydrogen-bond acceptors (Lipinski definition) is 2. The summed E-state index contributed by atoms with van der Waals surface area (Å²) < 4.78 is 0. The van der Waals surface area contributed by atoms with Crippen molar-refractivity contribution in [2.45, 2.75) is 19.8 Å². The lowest BCUT2D eigenvalue weighted by Gasteiger charge is -2.18. The van der Waals surface area contributed by atoms with Crippen LogP contribution < -0.4 is 0 Å². The minimum Gasteiger partial charge on any atom is -0.290 e. The molecule has 2 nitrogen and oxygen atoms in total. The molecule has 2 aliphatic carbocycles. The Bertz CT molecular complexity index is 525. The lowest BCUT2D eigenvalue weighted by atomic mass is 9.83. The fourth-order valence-corrected chi connectivity index (χ4v) is 1.95. The van der Waals surface area contributed by atoms with Gasteiger partial charge in [0.1, 0.15) is 0 Å². The Balaban J connectivity index is 2.32. The van der Waals surface area contributed by atoms with E-state index in [9.17, 15) is 9.59 Å². The Kier molecular flexibility index (Phi) is 3.05. The highest BCUT2D eigenvalue weighted by atomic mass is 16.1. The van der Waals surface area contributed by atoms with Crippen molar-refractivity contribution >= 4 is 11.6 Å². The van der Waals surface area contributed by atoms with E-state index < -0.39 is 0 Å². The Hall–Kier alpha value is -1.96. The maximum Gasteiger partial charge on any atom is 0.189 e. The normalized spacial score (nSPS) is 19.7. The number of ketones is 2. The molecule has 0 amide bonds. The van der Waals surface area contributed by atoms with E-state index in [4.69, 9.17) is 0 Å². The number of Topliss-reactive ketones (excluding diaryl/α,β-unsaturated/α-hetero) is 1. The number of carbonyl (C=O) groups is 2. The summed E-state index contributed by atoms with van der Waals surface area (Å²) in [5.74, 6) is -0.0632. The van der Waals surface area contributed by atoms with Crippen LogP contribution in [0.25, 0.3) is 0 Å². The van der Waals surface area contributed by atoms with Crippen molar-refractivity contribution in [2.24, 2.45) is 0 Å². The second kappa shape index (κ2) is 4.50. The fourth-order valence-electron chi connectivity index (χ4n) is 1.95. The Labute approximate surface area is 101 Å². The van der Waals surface area contributed by atoms with Crippen LogP contribution in [0.1, 0.15) is 19.8 Å². The summed E-state index contributed by atoms with van der Waals surface area (Å²) in [6, 6.07) is 0. The minimum absolute atomic E-state index is 0.0264. The van der Waals surface area contributed by atoms with E-state index in [-0.39, 0.29) is 11.6 Å². The molecule has 0 atom stereocenters. The van der Waals surface area contributed by atoms with Crippen molar-refractivity contribution < 1.29 is 9.59 Å². The number of hydrogen-bond donors (Lipinski definition) is 0. The van der Waals surface area contributed by atoms with Crippen molar-refractivity contribution in [1.82, 2.24) is 0 Å². The van der Waals surface area contributed by atoms with Crippen LogP contribution in [0.15, 0.2) is 59.3 Å². The second-order valence-electron chi connectivity index (χ2n) is 4.31. The average Bonchev–Trinajstić information content (AvgIpc) is 2.32. The maximum atomic E-state index is 12.1. The Morgan fingerprint density at radius 3 is 2.53 bits per heavy atom. The van der Waals surface area contributed by atoms with Crippen LogP contribution in [-0.4, -0.2) is 11.6 Å². The number of carbonyl (C=O) groups excluding carboxylic acids is 2. The zero-order valence-corrected chi connectivity index (χ0v) is 9.82. The minimum atomic E-state index is -0.0367. The van der Waals surface area contributed by atoms with E-state index in [1.807, 2.05) is 19.1 Å². The predicted molar refractivity (Wildman–Crippen MR) is 67.5 cm³/mol. The zero-order valence-electron chi connectivity index (χ0n) is 9.82. The second-order valence-corrected chi connectivity index (χ2v) is 4.31. The van der Waals surface area contributed by atoms with Crippen molar-refractivity contribution in [2.75, 3.05) is 0 Å². The van der Waals surface area contributed by atoms with Crippen molar-refractivity contribution in [3.63, 3.8) is 0 Å². The van der Waals surface area contributed by atoms with E-state index in [0.717, 1.165) is 5.57 Å². The van der Waals surface area contributed by atoms with Crippen LogP contribution in [0, 0.1) is 0 Å². The molecule has 0 heterocycles. The molecule has 0 saturated heterocycles. The highest BCUT2D eigenvalue weighted by Crippen LogP contribution is 2.28. The van der Waals surface area contributed by atoms with Gasteiger partial charge >= 0.3 is 0 Å². The molecular weight excluding hydrogens is 212 g/mol. The van der Waals surface area contributed by atoms with Gasteiger partial charge in [0.25, 0.3) is 0 Å². The van der Waals surface area contributed by atoms with E-state index in [1.165, 1.54) is 6.08 Å². The number of allylic oxidation sites excluding steroid dienone is 9. The molecule has 2 rings (SSSR count). The smallest absolute Gasteiger partial charge is 0.189 e. The molecule has 17 heavy (non-hydrogen) atoms. The lowest BCUT2D eigenvalue weighted by Crippen LogP contribution is -2.19. The first kappa shape index (κ1) is 11.5. The molecule has 0 spiro atoms. The molecule has 0 fully saturated rings. The molecule has 2 heteroatoms. The van der Waals surface area contributed by atoms with Crippen LogP contribution >= 0.6 is 0 Å². The van der Waals surface area contributed by atoms with Gasteiger partial charge in [-0.25, -0.2) is 0 Å². The summed E-state index contributed by atoms with van der Waals surface area (Å²) in [6.07, 6.45) is 9.87. The fraction of sp³-hybridized carbons (Fsp3) is 0.200. The van der Waals surface area contributed by atoms with Crippen LogP contribution in [0.2, 0.25) is 0 Å². The maximum absolute atomic E-state index is 12.1. The monoisotopic (exact) mass is 226 g/mol. The van der Waals surface area contributed by atoms with Crippen molar-refractivity contribution in [1.29, 1.82) is 0 Å². The number of rotatable bonds is 2. The topological polar surface area (TPSA) is 34.1 Å². The average molecular weight is 226 g/mol. The zero-order chi connectivity index (χ0) is 12.4. The molecule has 0 unspecified atom stereocenters. The molecule has 2 aliphatic rings. The SMILES string of the molecule is C=C(C)C=CC1=CC(=O)C2=C(CC=CC2)C1=O. The van der Waals surface area contributed by atoms with Gasteiger partial charge in [0, 0.05) is 16.7 Å². The van der Waals surface area contributed by atoms with Gasteiger partial charge in [0.2, 0.25) is 0 Å². The quantitative estimate of drug-likeness (QED) is 0.412. The predicted octanol–water partition coefficient (Wildman–Crippen LogP) is 2.84. The van der Waals surface area contributed by atoms with Crippen molar-refractivity contribution in [3.8, 4) is 0 Å². The summed E-state index contributed by atoms with van der Waals surface area (Å²) in [4.78, 5) is 24.0. The van der Waals surface area contributed by atoms with Crippen LogP contribution in [0.3, 0.4) is 0 Å². The van der Waals surface area contributed by atoms with Gasteiger partial charge in [0.05, 0.1) is 0 Å². The molecule has 86 valence electrons. The summed E-state index contributed by atoms with van der Waals surface area (Å²) in [7, 11) is 0. The van der Waals surface area contributed by atoms with Crippen LogP contribution in [-0.2, 0) is 9.59 Å². The van der Waals surface area contributed by atoms with Crippen LogP contribution in [0.5, 0.6) is 0 Å². The third-order valence-electron chi connectivity index (χ3n) is 2.84. The van der Waals surface area contributed by atoms with E-state index >= 15 is 0 Å².